The van der Waals surface area contributed by atoms with Crippen molar-refractivity contribution in [2.45, 2.75) is 44.9 Å². The molecule has 1 saturated heterocycles. The van der Waals surface area contributed by atoms with Crippen molar-refractivity contribution in [3.63, 3.8) is 0 Å². The van der Waals surface area contributed by atoms with Crippen LogP contribution in [0.25, 0.3) is 0 Å². The number of fused-ring (bicyclic) bond motifs is 1. The van der Waals surface area contributed by atoms with E-state index in [9.17, 15) is 24.0 Å². The van der Waals surface area contributed by atoms with Crippen molar-refractivity contribution in [2.75, 3.05) is 12.4 Å². The number of thioether (sulfide) groups is 1. The monoisotopic (exact) mass is 502 g/mol. The molecular formula is C24H26N2O8S. The summed E-state index contributed by atoms with van der Waals surface area (Å²) in [6.07, 6.45) is -1.09. The van der Waals surface area contributed by atoms with Gasteiger partial charge in [-0.15, -0.1) is 11.8 Å². The molecule has 11 heteroatoms. The maximum atomic E-state index is 13.0. The molecule has 1 N–H and O–H groups in total. The molecule has 0 saturated carbocycles. The highest BCUT2D eigenvalue weighted by Crippen LogP contribution is 2.41. The number of hydrogen-bond donors (Lipinski definition) is 1. The fourth-order valence-corrected chi connectivity index (χ4v) is 4.86. The molecule has 3 rings (SSSR count). The summed E-state index contributed by atoms with van der Waals surface area (Å²) in [5, 5.41) is 2.18. The summed E-state index contributed by atoms with van der Waals surface area (Å²) in [5.74, 6) is -2.78. The normalized spacial score (nSPS) is 19.6. The Labute approximate surface area is 206 Å². The number of benzene rings is 1. The largest absolute Gasteiger partial charge is 0.458 e. The molecule has 10 nitrogen and oxygen atoms in total. The standard InChI is InChI=1S/C24H26N2O8S/c1-13(2)23(30)32-11-17-12-35-22-19(25-18(28)10-16-8-6-5-7-9-16)21(29)26(22)20(17)24(31)34-15(4)33-14(3)27/h5-9,15,19,22H,1,10-12H2,2-4H3,(H,25,28)/t15-,19-,22-/m1/s1. The molecule has 0 spiro atoms. The quantitative estimate of drug-likeness (QED) is 0.231. The Kier molecular flexibility index (Phi) is 8.34. The van der Waals surface area contributed by atoms with Crippen molar-refractivity contribution in [2.24, 2.45) is 0 Å². The average molecular weight is 503 g/mol. The topological polar surface area (TPSA) is 128 Å². The molecule has 0 unspecified atom stereocenters. The molecule has 2 heterocycles. The zero-order chi connectivity index (χ0) is 25.7. The number of esters is 3. The molecule has 2 amide bonds. The van der Waals surface area contributed by atoms with Crippen LogP contribution in [0.2, 0.25) is 0 Å². The van der Waals surface area contributed by atoms with Crippen LogP contribution in [0.3, 0.4) is 0 Å². The van der Waals surface area contributed by atoms with Gasteiger partial charge in [-0.05, 0) is 12.5 Å². The number of nitrogens with zero attached hydrogens (tertiary/aromatic N) is 1. The molecule has 2 aliphatic rings. The Morgan fingerprint density at radius 2 is 1.86 bits per heavy atom. The van der Waals surface area contributed by atoms with Crippen LogP contribution < -0.4 is 5.32 Å². The number of hydrogen-bond acceptors (Lipinski definition) is 9. The minimum atomic E-state index is -1.20. The highest BCUT2D eigenvalue weighted by molar-refractivity contribution is 8.00. The van der Waals surface area contributed by atoms with Gasteiger partial charge in [0.25, 0.3) is 5.91 Å². The van der Waals surface area contributed by atoms with Crippen molar-refractivity contribution in [3.05, 3.63) is 59.3 Å². The number of ether oxygens (including phenoxy) is 3. The van der Waals surface area contributed by atoms with E-state index in [2.05, 4.69) is 11.9 Å². The fourth-order valence-electron chi connectivity index (χ4n) is 3.53. The first kappa shape index (κ1) is 26.0. The van der Waals surface area contributed by atoms with E-state index in [-0.39, 0.29) is 36.0 Å². The third-order valence-electron chi connectivity index (χ3n) is 5.10. The van der Waals surface area contributed by atoms with Gasteiger partial charge < -0.3 is 19.5 Å². The molecular weight excluding hydrogens is 476 g/mol. The lowest BCUT2D eigenvalue weighted by atomic mass is 10.0. The van der Waals surface area contributed by atoms with Crippen LogP contribution >= 0.6 is 11.8 Å². The van der Waals surface area contributed by atoms with Gasteiger partial charge in [0.05, 0.1) is 6.42 Å². The Morgan fingerprint density at radius 3 is 2.49 bits per heavy atom. The molecule has 1 aromatic rings. The Morgan fingerprint density at radius 1 is 1.17 bits per heavy atom. The van der Waals surface area contributed by atoms with E-state index >= 15 is 0 Å². The fraction of sp³-hybridized carbons (Fsp3) is 0.375. The first-order chi connectivity index (χ1) is 16.6. The summed E-state index contributed by atoms with van der Waals surface area (Å²) in [6.45, 7) is 7.27. The minimum absolute atomic E-state index is 0.0965. The van der Waals surface area contributed by atoms with E-state index in [1.165, 1.54) is 37.4 Å². The molecule has 0 bridgehead atoms. The summed E-state index contributed by atoms with van der Waals surface area (Å²) in [4.78, 5) is 62.7. The summed E-state index contributed by atoms with van der Waals surface area (Å²) < 4.78 is 15.2. The van der Waals surface area contributed by atoms with Crippen LogP contribution in [0.15, 0.2) is 53.8 Å². The van der Waals surface area contributed by atoms with Crippen molar-refractivity contribution in [1.82, 2.24) is 10.2 Å². The zero-order valence-corrected chi connectivity index (χ0v) is 20.4. The number of carbonyl (C=O) groups excluding carboxylic acids is 5. The lowest BCUT2D eigenvalue weighted by Gasteiger charge is -2.49. The predicted molar refractivity (Wildman–Crippen MR) is 125 cm³/mol. The number of nitrogens with one attached hydrogen (secondary N) is 1. The van der Waals surface area contributed by atoms with E-state index < -0.39 is 41.5 Å². The first-order valence-electron chi connectivity index (χ1n) is 10.8. The second-order valence-corrected chi connectivity index (χ2v) is 9.11. The molecule has 0 radical (unpaired) electrons. The Bertz CT molecular complexity index is 1080. The van der Waals surface area contributed by atoms with E-state index in [0.717, 1.165) is 5.56 Å². The van der Waals surface area contributed by atoms with E-state index in [1.54, 1.807) is 0 Å². The lowest BCUT2D eigenvalue weighted by Crippen LogP contribution is -2.70. The van der Waals surface area contributed by atoms with Gasteiger partial charge in [0.15, 0.2) is 0 Å². The summed E-state index contributed by atoms with van der Waals surface area (Å²) in [7, 11) is 0. The van der Waals surface area contributed by atoms with Crippen LogP contribution in [-0.4, -0.2) is 64.7 Å². The predicted octanol–water partition coefficient (Wildman–Crippen LogP) is 1.45. The molecule has 186 valence electrons. The molecule has 0 aromatic heterocycles. The van der Waals surface area contributed by atoms with Gasteiger partial charge in [0, 0.05) is 30.7 Å². The van der Waals surface area contributed by atoms with Gasteiger partial charge in [-0.2, -0.15) is 0 Å². The van der Waals surface area contributed by atoms with Crippen molar-refractivity contribution >= 4 is 41.5 Å². The second-order valence-electron chi connectivity index (χ2n) is 8.01. The molecule has 3 atom stereocenters. The van der Waals surface area contributed by atoms with Crippen molar-refractivity contribution in [3.8, 4) is 0 Å². The molecule has 1 aromatic carbocycles. The van der Waals surface area contributed by atoms with Gasteiger partial charge in [-0.3, -0.25) is 19.3 Å². The maximum Gasteiger partial charge on any atom is 0.358 e. The Hall–Kier alpha value is -3.60. The lowest BCUT2D eigenvalue weighted by molar-refractivity contribution is -0.182. The maximum absolute atomic E-state index is 13.0. The van der Waals surface area contributed by atoms with E-state index in [1.807, 2.05) is 30.3 Å². The highest BCUT2D eigenvalue weighted by Gasteiger charge is 2.54. The van der Waals surface area contributed by atoms with Crippen molar-refractivity contribution in [1.29, 1.82) is 0 Å². The number of amides is 2. The van der Waals surface area contributed by atoms with Gasteiger partial charge in [0.2, 0.25) is 12.2 Å². The van der Waals surface area contributed by atoms with E-state index in [0.29, 0.717) is 5.57 Å². The minimum Gasteiger partial charge on any atom is -0.458 e. The van der Waals surface area contributed by atoms with Crippen molar-refractivity contribution < 1.29 is 38.2 Å². The number of β-lactam (4-membered cyclic amide) rings is 1. The van der Waals surface area contributed by atoms with E-state index in [4.69, 9.17) is 14.2 Å². The summed E-state index contributed by atoms with van der Waals surface area (Å²) in [5.41, 5.74) is 1.24. The first-order valence-corrected chi connectivity index (χ1v) is 11.8. The third kappa shape index (κ3) is 6.30. The molecule has 1 fully saturated rings. The third-order valence-corrected chi connectivity index (χ3v) is 6.44. The SMILES string of the molecule is C=C(C)C(=O)OCC1=C(C(=O)O[C@H](C)OC(C)=O)N2C(=O)[C@@H](NC(=O)Cc3ccccc3)[C@H]2SC1. The summed E-state index contributed by atoms with van der Waals surface area (Å²) in [6, 6.07) is 8.26. The van der Waals surface area contributed by atoms with Gasteiger partial charge in [0.1, 0.15) is 23.7 Å². The molecule has 2 aliphatic heterocycles. The molecule has 35 heavy (non-hydrogen) atoms. The molecule has 0 aliphatic carbocycles. The van der Waals surface area contributed by atoms with Gasteiger partial charge >= 0.3 is 17.9 Å². The van der Waals surface area contributed by atoms with Crippen LogP contribution in [0, 0.1) is 0 Å². The number of carbonyl (C=O) groups is 5. The van der Waals surface area contributed by atoms with Crippen LogP contribution in [-0.2, 0) is 44.6 Å². The van der Waals surface area contributed by atoms with Crippen LogP contribution in [0.1, 0.15) is 26.3 Å². The van der Waals surface area contributed by atoms with Gasteiger partial charge in [-0.25, -0.2) is 9.59 Å². The second kappa shape index (κ2) is 11.2. The highest BCUT2D eigenvalue weighted by atomic mass is 32.2. The van der Waals surface area contributed by atoms with Gasteiger partial charge in [-0.1, -0.05) is 36.9 Å². The number of rotatable bonds is 9. The summed E-state index contributed by atoms with van der Waals surface area (Å²) >= 11 is 1.32. The average Bonchev–Trinajstić information content (AvgIpc) is 2.80. The smallest absolute Gasteiger partial charge is 0.358 e. The van der Waals surface area contributed by atoms with Crippen LogP contribution in [0.5, 0.6) is 0 Å². The Balaban J connectivity index is 1.76. The van der Waals surface area contributed by atoms with Crippen LogP contribution in [0.4, 0.5) is 0 Å². The zero-order valence-electron chi connectivity index (χ0n) is 19.6.